The largest absolute Gasteiger partial charge is 0.385 e. The molecule has 0 saturated heterocycles. The lowest BCUT2D eigenvalue weighted by molar-refractivity contribution is 0.102. The molecular formula is C13H16N4O. The number of aromatic amines is 1. The molecule has 0 bridgehead atoms. The van der Waals surface area contributed by atoms with Crippen molar-refractivity contribution in [2.45, 2.75) is 13.8 Å². The van der Waals surface area contributed by atoms with Crippen LogP contribution in [0.1, 0.15) is 22.8 Å². The van der Waals surface area contributed by atoms with Gasteiger partial charge in [0.1, 0.15) is 5.82 Å². The number of aryl methyl sites for hydroxylation is 1. The van der Waals surface area contributed by atoms with Crippen molar-refractivity contribution in [3.8, 4) is 0 Å². The Labute approximate surface area is 106 Å². The summed E-state index contributed by atoms with van der Waals surface area (Å²) in [5.41, 5.74) is 2.35. The Morgan fingerprint density at radius 3 is 2.83 bits per heavy atom. The van der Waals surface area contributed by atoms with Gasteiger partial charge in [0, 0.05) is 17.8 Å². The lowest BCUT2D eigenvalue weighted by Gasteiger charge is -2.10. The van der Waals surface area contributed by atoms with Crippen LogP contribution in [-0.4, -0.2) is 22.6 Å². The van der Waals surface area contributed by atoms with Gasteiger partial charge in [0.05, 0.1) is 11.8 Å². The molecule has 2 aromatic rings. The van der Waals surface area contributed by atoms with Gasteiger partial charge in [-0.25, -0.2) is 0 Å². The van der Waals surface area contributed by atoms with Gasteiger partial charge < -0.3 is 10.6 Å². The second-order valence-corrected chi connectivity index (χ2v) is 3.96. The van der Waals surface area contributed by atoms with Crippen molar-refractivity contribution >= 4 is 17.4 Å². The molecule has 3 N–H and O–H groups in total. The first-order valence-electron chi connectivity index (χ1n) is 5.86. The maximum absolute atomic E-state index is 12.2. The van der Waals surface area contributed by atoms with E-state index in [0.717, 1.165) is 17.8 Å². The standard InChI is InChI=1S/C13H16N4O/c1-3-14-11-7-5-4-6-10(11)13(18)16-12-9(2)8-15-17-12/h4-8,14H,3H2,1-2H3,(H2,15,16,17,18). The number of hydrogen-bond donors (Lipinski definition) is 3. The first-order chi connectivity index (χ1) is 8.72. The average Bonchev–Trinajstić information content (AvgIpc) is 2.76. The van der Waals surface area contributed by atoms with E-state index in [0.29, 0.717) is 11.4 Å². The Kier molecular flexibility index (Phi) is 3.62. The molecule has 18 heavy (non-hydrogen) atoms. The second-order valence-electron chi connectivity index (χ2n) is 3.96. The number of H-pyrrole nitrogens is 1. The van der Waals surface area contributed by atoms with Crippen LogP contribution in [0.2, 0.25) is 0 Å². The molecule has 5 heteroatoms. The first kappa shape index (κ1) is 12.2. The molecule has 0 spiro atoms. The van der Waals surface area contributed by atoms with Gasteiger partial charge in [-0.05, 0) is 26.0 Å². The zero-order valence-electron chi connectivity index (χ0n) is 10.4. The zero-order valence-corrected chi connectivity index (χ0v) is 10.4. The number of hydrogen-bond acceptors (Lipinski definition) is 3. The van der Waals surface area contributed by atoms with Crippen molar-refractivity contribution in [1.29, 1.82) is 0 Å². The van der Waals surface area contributed by atoms with Gasteiger partial charge in [-0.2, -0.15) is 5.10 Å². The van der Waals surface area contributed by atoms with Gasteiger partial charge in [-0.1, -0.05) is 12.1 Å². The summed E-state index contributed by atoms with van der Waals surface area (Å²) in [5, 5.41) is 12.6. The number of carbonyl (C=O) groups is 1. The van der Waals surface area contributed by atoms with Crippen LogP contribution in [-0.2, 0) is 0 Å². The first-order valence-corrected chi connectivity index (χ1v) is 5.86. The molecule has 0 saturated carbocycles. The SMILES string of the molecule is CCNc1ccccc1C(=O)Nc1[nH]ncc1C. The van der Waals surface area contributed by atoms with Gasteiger partial charge in [0.25, 0.3) is 5.91 Å². The smallest absolute Gasteiger partial charge is 0.258 e. The van der Waals surface area contributed by atoms with E-state index < -0.39 is 0 Å². The number of rotatable bonds is 4. The van der Waals surface area contributed by atoms with Crippen LogP contribution >= 0.6 is 0 Å². The Morgan fingerprint density at radius 2 is 2.17 bits per heavy atom. The van der Waals surface area contributed by atoms with Gasteiger partial charge >= 0.3 is 0 Å². The normalized spacial score (nSPS) is 10.1. The van der Waals surface area contributed by atoms with Crippen molar-refractivity contribution in [3.05, 3.63) is 41.6 Å². The van der Waals surface area contributed by atoms with E-state index in [9.17, 15) is 4.79 Å². The minimum absolute atomic E-state index is 0.154. The van der Waals surface area contributed by atoms with Crippen molar-refractivity contribution < 1.29 is 4.79 Å². The van der Waals surface area contributed by atoms with E-state index in [-0.39, 0.29) is 5.91 Å². The summed E-state index contributed by atoms with van der Waals surface area (Å²) >= 11 is 0. The monoisotopic (exact) mass is 244 g/mol. The Hall–Kier alpha value is -2.30. The predicted molar refractivity (Wildman–Crippen MR) is 71.9 cm³/mol. The molecule has 0 radical (unpaired) electrons. The summed E-state index contributed by atoms with van der Waals surface area (Å²) < 4.78 is 0. The molecule has 94 valence electrons. The van der Waals surface area contributed by atoms with Crippen molar-refractivity contribution in [2.24, 2.45) is 0 Å². The van der Waals surface area contributed by atoms with Crippen LogP contribution in [0.4, 0.5) is 11.5 Å². The predicted octanol–water partition coefficient (Wildman–Crippen LogP) is 2.40. The van der Waals surface area contributed by atoms with Crippen molar-refractivity contribution in [1.82, 2.24) is 10.2 Å². The molecule has 5 nitrogen and oxygen atoms in total. The summed E-state index contributed by atoms with van der Waals surface area (Å²) in [4.78, 5) is 12.2. The van der Waals surface area contributed by atoms with Crippen LogP contribution in [0.15, 0.2) is 30.5 Å². The highest BCUT2D eigenvalue weighted by Crippen LogP contribution is 2.17. The Morgan fingerprint density at radius 1 is 1.39 bits per heavy atom. The number of amides is 1. The average molecular weight is 244 g/mol. The van der Waals surface area contributed by atoms with Crippen LogP contribution in [0, 0.1) is 6.92 Å². The molecule has 2 rings (SSSR count). The molecule has 0 aliphatic carbocycles. The molecule has 0 atom stereocenters. The fourth-order valence-corrected chi connectivity index (χ4v) is 1.68. The van der Waals surface area contributed by atoms with Crippen molar-refractivity contribution in [2.75, 3.05) is 17.2 Å². The minimum atomic E-state index is -0.154. The van der Waals surface area contributed by atoms with Crippen LogP contribution in [0.25, 0.3) is 0 Å². The summed E-state index contributed by atoms with van der Waals surface area (Å²) in [5.74, 6) is 0.477. The molecule has 1 aromatic carbocycles. The van der Waals surface area contributed by atoms with E-state index in [1.807, 2.05) is 32.0 Å². The summed E-state index contributed by atoms with van der Waals surface area (Å²) in [6.45, 7) is 4.65. The molecule has 1 heterocycles. The zero-order chi connectivity index (χ0) is 13.0. The molecular weight excluding hydrogens is 228 g/mol. The number of nitrogens with one attached hydrogen (secondary N) is 3. The van der Waals surface area contributed by atoms with E-state index in [1.165, 1.54) is 0 Å². The molecule has 1 amide bonds. The fraction of sp³-hybridized carbons (Fsp3) is 0.231. The van der Waals surface area contributed by atoms with Crippen LogP contribution in [0.3, 0.4) is 0 Å². The van der Waals surface area contributed by atoms with Gasteiger partial charge in [0.15, 0.2) is 0 Å². The Balaban J connectivity index is 2.21. The maximum atomic E-state index is 12.2. The molecule has 1 aromatic heterocycles. The molecule has 0 aliphatic heterocycles. The van der Waals surface area contributed by atoms with Crippen LogP contribution < -0.4 is 10.6 Å². The maximum Gasteiger partial charge on any atom is 0.258 e. The fourth-order valence-electron chi connectivity index (χ4n) is 1.68. The number of anilines is 2. The van der Waals surface area contributed by atoms with Gasteiger partial charge in [-0.15, -0.1) is 0 Å². The third-order valence-electron chi connectivity index (χ3n) is 2.61. The highest BCUT2D eigenvalue weighted by molar-refractivity contribution is 6.07. The summed E-state index contributed by atoms with van der Waals surface area (Å²) in [7, 11) is 0. The number of nitrogens with zero attached hydrogens (tertiary/aromatic N) is 1. The lowest BCUT2D eigenvalue weighted by atomic mass is 10.1. The highest BCUT2D eigenvalue weighted by atomic mass is 16.1. The van der Waals surface area contributed by atoms with E-state index in [1.54, 1.807) is 12.3 Å². The topological polar surface area (TPSA) is 69.8 Å². The van der Waals surface area contributed by atoms with Gasteiger partial charge in [0.2, 0.25) is 0 Å². The lowest BCUT2D eigenvalue weighted by Crippen LogP contribution is -2.15. The number of para-hydroxylation sites is 1. The highest BCUT2D eigenvalue weighted by Gasteiger charge is 2.12. The number of aromatic nitrogens is 2. The second kappa shape index (κ2) is 5.35. The molecule has 0 unspecified atom stereocenters. The van der Waals surface area contributed by atoms with E-state index in [4.69, 9.17) is 0 Å². The Bertz CT molecular complexity index is 547. The van der Waals surface area contributed by atoms with Crippen molar-refractivity contribution in [3.63, 3.8) is 0 Å². The van der Waals surface area contributed by atoms with E-state index in [2.05, 4.69) is 20.8 Å². The van der Waals surface area contributed by atoms with Crippen LogP contribution in [0.5, 0.6) is 0 Å². The number of carbonyl (C=O) groups excluding carboxylic acids is 1. The van der Waals surface area contributed by atoms with E-state index >= 15 is 0 Å². The summed E-state index contributed by atoms with van der Waals surface area (Å²) in [6, 6.07) is 7.42. The minimum Gasteiger partial charge on any atom is -0.385 e. The number of benzene rings is 1. The third kappa shape index (κ3) is 2.51. The quantitative estimate of drug-likeness (QED) is 0.773. The third-order valence-corrected chi connectivity index (χ3v) is 2.61. The van der Waals surface area contributed by atoms with Gasteiger partial charge in [-0.3, -0.25) is 9.89 Å². The molecule has 0 fully saturated rings. The summed E-state index contributed by atoms with van der Waals surface area (Å²) in [6.07, 6.45) is 1.67. The molecule has 0 aliphatic rings.